The van der Waals surface area contributed by atoms with Crippen molar-refractivity contribution in [1.29, 1.82) is 0 Å². The summed E-state index contributed by atoms with van der Waals surface area (Å²) in [6.07, 6.45) is 3.06. The van der Waals surface area contributed by atoms with Crippen LogP contribution < -0.4 is 4.90 Å². The number of pyridine rings is 1. The van der Waals surface area contributed by atoms with E-state index >= 15 is 0 Å². The van der Waals surface area contributed by atoms with E-state index in [4.69, 9.17) is 0 Å². The fourth-order valence-corrected chi connectivity index (χ4v) is 2.07. The van der Waals surface area contributed by atoms with E-state index in [-0.39, 0.29) is 0 Å². The van der Waals surface area contributed by atoms with Gasteiger partial charge >= 0.3 is 0 Å². The van der Waals surface area contributed by atoms with E-state index in [1.807, 2.05) is 6.20 Å². The molecule has 0 radical (unpaired) electrons. The van der Waals surface area contributed by atoms with Crippen LogP contribution in [0.5, 0.6) is 0 Å². The van der Waals surface area contributed by atoms with Gasteiger partial charge in [-0.25, -0.2) is 4.98 Å². The van der Waals surface area contributed by atoms with Gasteiger partial charge in [0.05, 0.1) is 0 Å². The molecule has 3 nitrogen and oxygen atoms in total. The lowest BCUT2D eigenvalue weighted by Gasteiger charge is -2.38. The first-order chi connectivity index (χ1) is 7.70. The fraction of sp³-hybridized carbons (Fsp3) is 0.615. The quantitative estimate of drug-likeness (QED) is 0.756. The molecule has 1 fully saturated rings. The zero-order chi connectivity index (χ0) is 11.5. The molecule has 0 aromatic carbocycles. The van der Waals surface area contributed by atoms with Crippen LogP contribution in [0.15, 0.2) is 18.3 Å². The highest BCUT2D eigenvalue weighted by atomic mass is 15.3. The summed E-state index contributed by atoms with van der Waals surface area (Å²) >= 11 is 0. The Balaban J connectivity index is 2.06. The molecule has 88 valence electrons. The van der Waals surface area contributed by atoms with E-state index in [1.54, 1.807) is 0 Å². The molecule has 0 saturated carbocycles. The Morgan fingerprint density at radius 3 is 2.75 bits per heavy atom. The van der Waals surface area contributed by atoms with Crippen molar-refractivity contribution in [2.45, 2.75) is 26.3 Å². The molecule has 0 amide bonds. The lowest BCUT2D eigenvalue weighted by Crippen LogP contribution is -2.50. The first kappa shape index (κ1) is 11.4. The Morgan fingerprint density at radius 2 is 2.19 bits per heavy atom. The van der Waals surface area contributed by atoms with Crippen molar-refractivity contribution in [3.63, 3.8) is 0 Å². The molecule has 1 aromatic rings. The SMILES string of the molecule is CCc1ccc(N2CCN(C)[C@@H](C)C2)nc1. The minimum Gasteiger partial charge on any atom is -0.354 e. The normalized spacial score (nSPS) is 22.4. The standard InChI is InChI=1S/C13H21N3/c1-4-12-5-6-13(14-9-12)16-8-7-15(3)11(2)10-16/h5-6,9,11H,4,7-8,10H2,1-3H3/t11-/m0/s1. The van der Waals surface area contributed by atoms with Crippen LogP contribution in [0.1, 0.15) is 19.4 Å². The van der Waals surface area contributed by atoms with Crippen molar-refractivity contribution < 1.29 is 0 Å². The van der Waals surface area contributed by atoms with Gasteiger partial charge in [-0.15, -0.1) is 0 Å². The molecule has 1 aromatic heterocycles. The minimum atomic E-state index is 0.612. The van der Waals surface area contributed by atoms with Crippen molar-refractivity contribution in [1.82, 2.24) is 9.88 Å². The zero-order valence-electron chi connectivity index (χ0n) is 10.5. The summed E-state index contributed by atoms with van der Waals surface area (Å²) in [5.74, 6) is 1.12. The number of nitrogens with zero attached hydrogens (tertiary/aromatic N) is 3. The van der Waals surface area contributed by atoms with Crippen LogP contribution in [0, 0.1) is 0 Å². The summed E-state index contributed by atoms with van der Waals surface area (Å²) in [7, 11) is 2.19. The third kappa shape index (κ3) is 2.35. The van der Waals surface area contributed by atoms with Crippen molar-refractivity contribution >= 4 is 5.82 Å². The van der Waals surface area contributed by atoms with E-state index in [2.05, 4.69) is 47.8 Å². The molecule has 1 aliphatic heterocycles. The van der Waals surface area contributed by atoms with Gasteiger partial charge in [-0.3, -0.25) is 0 Å². The van der Waals surface area contributed by atoms with Crippen LogP contribution in [0.2, 0.25) is 0 Å². The molecule has 3 heteroatoms. The molecule has 0 unspecified atom stereocenters. The Bertz CT molecular complexity index is 334. The Hall–Kier alpha value is -1.09. The summed E-state index contributed by atoms with van der Waals surface area (Å²) in [6.45, 7) is 7.72. The minimum absolute atomic E-state index is 0.612. The number of rotatable bonds is 2. The van der Waals surface area contributed by atoms with Gasteiger partial charge in [-0.1, -0.05) is 13.0 Å². The van der Waals surface area contributed by atoms with Crippen LogP contribution in [0.4, 0.5) is 5.82 Å². The Morgan fingerprint density at radius 1 is 1.38 bits per heavy atom. The molecule has 0 bridgehead atoms. The number of anilines is 1. The second-order valence-electron chi connectivity index (χ2n) is 4.65. The predicted molar refractivity (Wildman–Crippen MR) is 67.9 cm³/mol. The first-order valence-electron chi connectivity index (χ1n) is 6.11. The van der Waals surface area contributed by atoms with Gasteiger partial charge in [0.25, 0.3) is 0 Å². The molecular formula is C13H21N3. The van der Waals surface area contributed by atoms with Crippen LogP contribution in [-0.2, 0) is 6.42 Å². The average molecular weight is 219 g/mol. The summed E-state index contributed by atoms with van der Waals surface area (Å²) in [5, 5.41) is 0. The van der Waals surface area contributed by atoms with Crippen LogP contribution in [0.25, 0.3) is 0 Å². The van der Waals surface area contributed by atoms with E-state index in [0.717, 1.165) is 31.9 Å². The van der Waals surface area contributed by atoms with Crippen LogP contribution in [0.3, 0.4) is 0 Å². The number of likely N-dealkylation sites (N-methyl/N-ethyl adjacent to an activating group) is 1. The first-order valence-corrected chi connectivity index (χ1v) is 6.11. The summed E-state index contributed by atoms with van der Waals surface area (Å²) in [6, 6.07) is 4.95. The number of hydrogen-bond acceptors (Lipinski definition) is 3. The lowest BCUT2D eigenvalue weighted by molar-refractivity contribution is 0.233. The van der Waals surface area contributed by atoms with Crippen molar-refractivity contribution in [2.75, 3.05) is 31.6 Å². The van der Waals surface area contributed by atoms with E-state index in [0.29, 0.717) is 6.04 Å². The molecule has 0 spiro atoms. The van der Waals surface area contributed by atoms with Crippen molar-refractivity contribution in [3.05, 3.63) is 23.9 Å². The third-order valence-electron chi connectivity index (χ3n) is 3.50. The summed E-state index contributed by atoms with van der Waals surface area (Å²) < 4.78 is 0. The zero-order valence-corrected chi connectivity index (χ0v) is 10.5. The topological polar surface area (TPSA) is 19.4 Å². The number of piperazine rings is 1. The van der Waals surface area contributed by atoms with Crippen molar-refractivity contribution in [2.24, 2.45) is 0 Å². The molecular weight excluding hydrogens is 198 g/mol. The molecule has 0 N–H and O–H groups in total. The fourth-order valence-electron chi connectivity index (χ4n) is 2.07. The molecule has 2 heterocycles. The highest BCUT2D eigenvalue weighted by molar-refractivity contribution is 5.40. The van der Waals surface area contributed by atoms with Crippen LogP contribution >= 0.6 is 0 Å². The number of hydrogen-bond donors (Lipinski definition) is 0. The third-order valence-corrected chi connectivity index (χ3v) is 3.50. The average Bonchev–Trinajstić information content (AvgIpc) is 2.33. The predicted octanol–water partition coefficient (Wildman–Crippen LogP) is 1.78. The lowest BCUT2D eigenvalue weighted by atomic mass is 10.2. The Labute approximate surface area is 98.1 Å². The number of aromatic nitrogens is 1. The van der Waals surface area contributed by atoms with Gasteiger partial charge in [0.2, 0.25) is 0 Å². The van der Waals surface area contributed by atoms with E-state index in [1.165, 1.54) is 5.56 Å². The van der Waals surface area contributed by atoms with Gasteiger partial charge in [0.1, 0.15) is 5.82 Å². The number of aryl methyl sites for hydroxylation is 1. The van der Waals surface area contributed by atoms with E-state index in [9.17, 15) is 0 Å². The maximum atomic E-state index is 4.54. The molecule has 2 rings (SSSR count). The maximum absolute atomic E-state index is 4.54. The second kappa shape index (κ2) is 4.83. The van der Waals surface area contributed by atoms with Gasteiger partial charge in [-0.2, -0.15) is 0 Å². The van der Waals surface area contributed by atoms with Gasteiger partial charge < -0.3 is 9.80 Å². The highest BCUT2D eigenvalue weighted by Gasteiger charge is 2.21. The van der Waals surface area contributed by atoms with E-state index < -0.39 is 0 Å². The monoisotopic (exact) mass is 219 g/mol. The van der Waals surface area contributed by atoms with Gasteiger partial charge in [0, 0.05) is 31.9 Å². The van der Waals surface area contributed by atoms with Gasteiger partial charge in [-0.05, 0) is 32.0 Å². The van der Waals surface area contributed by atoms with Crippen LogP contribution in [-0.4, -0.2) is 42.6 Å². The molecule has 16 heavy (non-hydrogen) atoms. The highest BCUT2D eigenvalue weighted by Crippen LogP contribution is 2.16. The largest absolute Gasteiger partial charge is 0.354 e. The molecule has 0 aliphatic carbocycles. The smallest absolute Gasteiger partial charge is 0.128 e. The summed E-state index contributed by atoms with van der Waals surface area (Å²) in [4.78, 5) is 9.32. The molecule has 1 aliphatic rings. The molecule has 1 saturated heterocycles. The second-order valence-corrected chi connectivity index (χ2v) is 4.65. The van der Waals surface area contributed by atoms with Gasteiger partial charge in [0.15, 0.2) is 0 Å². The maximum Gasteiger partial charge on any atom is 0.128 e. The Kier molecular flexibility index (Phi) is 3.44. The summed E-state index contributed by atoms with van der Waals surface area (Å²) in [5.41, 5.74) is 1.31. The molecule has 1 atom stereocenters. The van der Waals surface area contributed by atoms with Crippen molar-refractivity contribution in [3.8, 4) is 0 Å².